The summed E-state index contributed by atoms with van der Waals surface area (Å²) in [5.41, 5.74) is 2.40. The first-order valence-electron chi connectivity index (χ1n) is 6.57. The fourth-order valence-corrected chi connectivity index (χ4v) is 2.85. The average molecular weight is 286 g/mol. The third kappa shape index (κ3) is 3.38. The van der Waals surface area contributed by atoms with Gasteiger partial charge in [-0.15, -0.1) is 11.3 Å². The number of nitriles is 1. The first-order chi connectivity index (χ1) is 9.61. The molecule has 0 fully saturated rings. The summed E-state index contributed by atoms with van der Waals surface area (Å²) in [7, 11) is 2.00. The number of hydrogen-bond donors (Lipinski definition) is 1. The summed E-state index contributed by atoms with van der Waals surface area (Å²) in [6, 6.07) is 11.8. The van der Waals surface area contributed by atoms with E-state index in [0.29, 0.717) is 5.56 Å². The van der Waals surface area contributed by atoms with Crippen molar-refractivity contribution < 1.29 is 5.11 Å². The van der Waals surface area contributed by atoms with E-state index in [9.17, 15) is 5.11 Å². The molecule has 2 aromatic rings. The highest BCUT2D eigenvalue weighted by Gasteiger charge is 2.12. The Morgan fingerprint density at radius 3 is 2.80 bits per heavy atom. The molecule has 0 amide bonds. The molecule has 0 aliphatic carbocycles. The molecule has 0 aliphatic rings. The van der Waals surface area contributed by atoms with Crippen LogP contribution in [0.2, 0.25) is 0 Å². The standard InChI is InChI=1S/C16H18N2OS/c1-12(19)15-6-5-13(11-17)10-16(15)18(2)8-7-14-4-3-9-20-14/h3-6,9-10,12,19H,7-8H2,1-2H3. The third-order valence-electron chi connectivity index (χ3n) is 3.29. The summed E-state index contributed by atoms with van der Waals surface area (Å²) in [5, 5.41) is 21.0. The Bertz CT molecular complexity index is 599. The lowest BCUT2D eigenvalue weighted by Crippen LogP contribution is -2.22. The number of hydrogen-bond acceptors (Lipinski definition) is 4. The second-order valence-electron chi connectivity index (χ2n) is 4.81. The van der Waals surface area contributed by atoms with Crippen LogP contribution in [0, 0.1) is 11.3 Å². The van der Waals surface area contributed by atoms with Crippen molar-refractivity contribution in [3.05, 3.63) is 51.7 Å². The molecule has 2 rings (SSSR count). The lowest BCUT2D eigenvalue weighted by Gasteiger charge is -2.23. The van der Waals surface area contributed by atoms with Crippen molar-refractivity contribution in [2.75, 3.05) is 18.5 Å². The molecule has 0 spiro atoms. The van der Waals surface area contributed by atoms with E-state index in [1.54, 1.807) is 24.3 Å². The van der Waals surface area contributed by atoms with Crippen LogP contribution in [0.25, 0.3) is 0 Å². The highest BCUT2D eigenvalue weighted by Crippen LogP contribution is 2.27. The molecule has 3 nitrogen and oxygen atoms in total. The first-order valence-corrected chi connectivity index (χ1v) is 7.45. The van der Waals surface area contributed by atoms with Gasteiger partial charge in [0.15, 0.2) is 0 Å². The van der Waals surface area contributed by atoms with Gasteiger partial charge >= 0.3 is 0 Å². The summed E-state index contributed by atoms with van der Waals surface area (Å²) in [4.78, 5) is 3.44. The van der Waals surface area contributed by atoms with Gasteiger partial charge in [-0.3, -0.25) is 0 Å². The molecule has 1 aromatic carbocycles. The monoisotopic (exact) mass is 286 g/mol. The minimum atomic E-state index is -0.540. The third-order valence-corrected chi connectivity index (χ3v) is 4.23. The Labute approximate surface area is 123 Å². The lowest BCUT2D eigenvalue weighted by molar-refractivity contribution is 0.199. The Hall–Kier alpha value is -1.83. The van der Waals surface area contributed by atoms with Crippen LogP contribution < -0.4 is 4.90 Å². The smallest absolute Gasteiger partial charge is 0.0992 e. The topological polar surface area (TPSA) is 47.3 Å². The van der Waals surface area contributed by atoms with Crippen molar-refractivity contribution in [3.63, 3.8) is 0 Å². The van der Waals surface area contributed by atoms with E-state index < -0.39 is 6.10 Å². The molecule has 0 saturated carbocycles. The molecule has 20 heavy (non-hydrogen) atoms. The van der Waals surface area contributed by atoms with Crippen LogP contribution in [0.1, 0.15) is 29.0 Å². The van der Waals surface area contributed by atoms with E-state index in [1.807, 2.05) is 19.2 Å². The molecule has 0 saturated heterocycles. The molecular formula is C16H18N2OS. The van der Waals surface area contributed by atoms with Crippen LogP contribution in [0.4, 0.5) is 5.69 Å². The van der Waals surface area contributed by atoms with Crippen LogP contribution in [0.5, 0.6) is 0 Å². The molecule has 1 aromatic heterocycles. The van der Waals surface area contributed by atoms with Gasteiger partial charge in [-0.05, 0) is 36.9 Å². The summed E-state index contributed by atoms with van der Waals surface area (Å²) in [6.07, 6.45) is 0.423. The number of likely N-dealkylation sites (N-methyl/N-ethyl adjacent to an activating group) is 1. The van der Waals surface area contributed by atoms with Gasteiger partial charge in [-0.2, -0.15) is 5.26 Å². The minimum absolute atomic E-state index is 0.540. The fraction of sp³-hybridized carbons (Fsp3) is 0.312. The summed E-state index contributed by atoms with van der Waals surface area (Å²) < 4.78 is 0. The maximum Gasteiger partial charge on any atom is 0.0992 e. The molecule has 0 aliphatic heterocycles. The number of rotatable bonds is 5. The average Bonchev–Trinajstić information content (AvgIpc) is 2.97. The molecule has 1 unspecified atom stereocenters. The van der Waals surface area contributed by atoms with Gasteiger partial charge in [-0.1, -0.05) is 12.1 Å². The van der Waals surface area contributed by atoms with E-state index >= 15 is 0 Å². The molecule has 0 bridgehead atoms. The highest BCUT2D eigenvalue weighted by molar-refractivity contribution is 7.09. The molecule has 4 heteroatoms. The van der Waals surface area contributed by atoms with Crippen molar-refractivity contribution >= 4 is 17.0 Å². The number of nitrogens with zero attached hydrogens (tertiary/aromatic N) is 2. The SMILES string of the molecule is CC(O)c1ccc(C#N)cc1N(C)CCc1cccs1. The largest absolute Gasteiger partial charge is 0.389 e. The molecule has 104 valence electrons. The fourth-order valence-electron chi connectivity index (χ4n) is 2.15. The Morgan fingerprint density at radius 1 is 1.40 bits per heavy atom. The quantitative estimate of drug-likeness (QED) is 0.917. The number of aliphatic hydroxyl groups is 1. The van der Waals surface area contributed by atoms with E-state index in [-0.39, 0.29) is 0 Å². The van der Waals surface area contributed by atoms with Gasteiger partial charge in [0.1, 0.15) is 0 Å². The van der Waals surface area contributed by atoms with Crippen molar-refractivity contribution in [2.45, 2.75) is 19.4 Å². The molecule has 1 atom stereocenters. The highest BCUT2D eigenvalue weighted by atomic mass is 32.1. The van der Waals surface area contributed by atoms with Crippen LogP contribution in [-0.4, -0.2) is 18.7 Å². The molecular weight excluding hydrogens is 268 g/mol. The predicted molar refractivity (Wildman–Crippen MR) is 83.1 cm³/mol. The normalized spacial score (nSPS) is 11.9. The van der Waals surface area contributed by atoms with Gasteiger partial charge in [-0.25, -0.2) is 0 Å². The molecule has 1 N–H and O–H groups in total. The van der Waals surface area contributed by atoms with E-state index in [0.717, 1.165) is 24.2 Å². The predicted octanol–water partition coefficient (Wildman–Crippen LogP) is 3.35. The first kappa shape index (κ1) is 14.6. The van der Waals surface area contributed by atoms with E-state index in [4.69, 9.17) is 5.26 Å². The second-order valence-corrected chi connectivity index (χ2v) is 5.84. The van der Waals surface area contributed by atoms with Gasteiger partial charge in [0, 0.05) is 29.7 Å². The van der Waals surface area contributed by atoms with Crippen molar-refractivity contribution in [1.82, 2.24) is 0 Å². The molecule has 1 heterocycles. The Balaban J connectivity index is 2.18. The lowest BCUT2D eigenvalue weighted by atomic mass is 10.0. The molecule has 0 radical (unpaired) electrons. The van der Waals surface area contributed by atoms with Gasteiger partial charge < -0.3 is 10.0 Å². The summed E-state index contributed by atoms with van der Waals surface area (Å²) >= 11 is 1.75. The second kappa shape index (κ2) is 6.56. The minimum Gasteiger partial charge on any atom is -0.389 e. The van der Waals surface area contributed by atoms with Gasteiger partial charge in [0.25, 0.3) is 0 Å². The maximum absolute atomic E-state index is 9.86. The number of anilines is 1. The van der Waals surface area contributed by atoms with Crippen LogP contribution >= 0.6 is 11.3 Å². The number of benzene rings is 1. The summed E-state index contributed by atoms with van der Waals surface area (Å²) in [5.74, 6) is 0. The van der Waals surface area contributed by atoms with Crippen molar-refractivity contribution in [3.8, 4) is 6.07 Å². The number of aliphatic hydroxyl groups excluding tert-OH is 1. The maximum atomic E-state index is 9.86. The Morgan fingerprint density at radius 2 is 2.20 bits per heavy atom. The van der Waals surface area contributed by atoms with Crippen molar-refractivity contribution in [2.24, 2.45) is 0 Å². The van der Waals surface area contributed by atoms with Crippen molar-refractivity contribution in [1.29, 1.82) is 5.26 Å². The number of thiophene rings is 1. The zero-order chi connectivity index (χ0) is 14.5. The van der Waals surface area contributed by atoms with Crippen LogP contribution in [0.3, 0.4) is 0 Å². The van der Waals surface area contributed by atoms with Crippen LogP contribution in [-0.2, 0) is 6.42 Å². The zero-order valence-electron chi connectivity index (χ0n) is 11.7. The zero-order valence-corrected chi connectivity index (χ0v) is 12.5. The van der Waals surface area contributed by atoms with Gasteiger partial charge in [0.2, 0.25) is 0 Å². The Kier molecular flexibility index (Phi) is 4.78. The van der Waals surface area contributed by atoms with E-state index in [2.05, 4.69) is 28.5 Å². The van der Waals surface area contributed by atoms with E-state index in [1.165, 1.54) is 4.88 Å². The summed E-state index contributed by atoms with van der Waals surface area (Å²) in [6.45, 7) is 2.60. The van der Waals surface area contributed by atoms with Gasteiger partial charge in [0.05, 0.1) is 17.7 Å². The van der Waals surface area contributed by atoms with Crippen LogP contribution in [0.15, 0.2) is 35.7 Å².